The van der Waals surface area contributed by atoms with E-state index in [1.165, 1.54) is 6.20 Å². The smallest absolute Gasteiger partial charge is 0.408 e. The summed E-state index contributed by atoms with van der Waals surface area (Å²) in [6.07, 6.45) is 1.48. The molecule has 0 aliphatic heterocycles. The van der Waals surface area contributed by atoms with Crippen molar-refractivity contribution in [3.05, 3.63) is 46.5 Å². The second kappa shape index (κ2) is 6.32. The van der Waals surface area contributed by atoms with Crippen molar-refractivity contribution in [1.82, 2.24) is 19.4 Å². The van der Waals surface area contributed by atoms with E-state index in [0.717, 1.165) is 0 Å². The fourth-order valence-electron chi connectivity index (χ4n) is 2.39. The van der Waals surface area contributed by atoms with Crippen LogP contribution in [0, 0.1) is 6.92 Å². The van der Waals surface area contributed by atoms with Gasteiger partial charge >= 0.3 is 5.76 Å². The lowest BCUT2D eigenvalue weighted by Gasteiger charge is -2.09. The van der Waals surface area contributed by atoms with Gasteiger partial charge in [0.25, 0.3) is 5.91 Å². The molecule has 126 valence electrons. The van der Waals surface area contributed by atoms with Gasteiger partial charge in [-0.1, -0.05) is 0 Å². The first kappa shape index (κ1) is 16.0. The van der Waals surface area contributed by atoms with Crippen LogP contribution in [-0.2, 0) is 6.54 Å². The Kier molecular flexibility index (Phi) is 4.22. The minimum absolute atomic E-state index is 0.291. The fourth-order valence-corrected chi connectivity index (χ4v) is 2.39. The zero-order chi connectivity index (χ0) is 17.3. The Morgan fingerprint density at radius 2 is 2.21 bits per heavy atom. The molecule has 2 N–H and O–H groups in total. The zero-order valence-electron chi connectivity index (χ0n) is 13.8. The molecule has 0 saturated carbocycles. The first-order valence-electron chi connectivity index (χ1n) is 7.55. The lowest BCUT2D eigenvalue weighted by Crippen LogP contribution is -2.23. The van der Waals surface area contributed by atoms with E-state index in [1.54, 1.807) is 29.7 Å². The number of anilines is 1. The SMILES string of the molecule is Cc1ncc(C(=O)Nc2ccc3oc(=O)n(CCN(C)C)c3c2)[nH]1. The Labute approximate surface area is 138 Å². The van der Waals surface area contributed by atoms with Crippen molar-refractivity contribution < 1.29 is 9.21 Å². The van der Waals surface area contributed by atoms with Gasteiger partial charge in [0, 0.05) is 18.8 Å². The number of H-pyrrole nitrogens is 1. The molecular weight excluding hydrogens is 310 g/mol. The first-order valence-corrected chi connectivity index (χ1v) is 7.55. The second-order valence-corrected chi connectivity index (χ2v) is 5.84. The zero-order valence-corrected chi connectivity index (χ0v) is 13.8. The number of amides is 1. The van der Waals surface area contributed by atoms with E-state index in [0.29, 0.717) is 41.4 Å². The molecule has 3 rings (SSSR count). The van der Waals surface area contributed by atoms with Gasteiger partial charge < -0.3 is 19.6 Å². The molecule has 0 radical (unpaired) electrons. The van der Waals surface area contributed by atoms with Crippen molar-refractivity contribution in [2.24, 2.45) is 0 Å². The Morgan fingerprint density at radius 1 is 1.42 bits per heavy atom. The molecule has 0 unspecified atom stereocenters. The number of aromatic amines is 1. The van der Waals surface area contributed by atoms with E-state index in [1.807, 2.05) is 19.0 Å². The predicted octanol–water partition coefficient (Wildman–Crippen LogP) is 1.44. The van der Waals surface area contributed by atoms with Crippen LogP contribution < -0.4 is 11.1 Å². The molecular formula is C16H19N5O3. The van der Waals surface area contributed by atoms with E-state index < -0.39 is 5.76 Å². The topological polar surface area (TPSA) is 96.2 Å². The number of hydrogen-bond acceptors (Lipinski definition) is 5. The Bertz CT molecular complexity index is 935. The summed E-state index contributed by atoms with van der Waals surface area (Å²) in [5.41, 5.74) is 2.11. The number of imidazole rings is 1. The molecule has 2 aromatic heterocycles. The van der Waals surface area contributed by atoms with Gasteiger partial charge in [0.1, 0.15) is 11.5 Å². The molecule has 8 nitrogen and oxygen atoms in total. The number of likely N-dealkylation sites (N-methyl/N-ethyl adjacent to an activating group) is 1. The molecule has 24 heavy (non-hydrogen) atoms. The van der Waals surface area contributed by atoms with Crippen molar-refractivity contribution in [1.29, 1.82) is 0 Å². The average molecular weight is 329 g/mol. The lowest BCUT2D eigenvalue weighted by atomic mass is 10.2. The molecule has 0 aliphatic rings. The molecule has 1 amide bonds. The molecule has 0 atom stereocenters. The number of oxazole rings is 1. The van der Waals surface area contributed by atoms with Crippen LogP contribution in [0.2, 0.25) is 0 Å². The van der Waals surface area contributed by atoms with Gasteiger partial charge in [-0.05, 0) is 39.2 Å². The van der Waals surface area contributed by atoms with E-state index in [2.05, 4.69) is 15.3 Å². The van der Waals surface area contributed by atoms with E-state index in [9.17, 15) is 9.59 Å². The molecule has 2 heterocycles. The summed E-state index contributed by atoms with van der Waals surface area (Å²) in [5.74, 6) is -0.0249. The Morgan fingerprint density at radius 3 is 2.88 bits per heavy atom. The molecule has 3 aromatic rings. The van der Waals surface area contributed by atoms with Crippen molar-refractivity contribution in [3.8, 4) is 0 Å². The largest absolute Gasteiger partial charge is 0.419 e. The maximum Gasteiger partial charge on any atom is 0.419 e. The van der Waals surface area contributed by atoms with Crippen molar-refractivity contribution >= 4 is 22.7 Å². The highest BCUT2D eigenvalue weighted by Gasteiger charge is 2.13. The minimum atomic E-state index is -0.403. The number of nitrogens with zero attached hydrogens (tertiary/aromatic N) is 3. The normalized spacial score (nSPS) is 11.3. The Balaban J connectivity index is 1.88. The number of nitrogens with one attached hydrogen (secondary N) is 2. The summed E-state index contributed by atoms with van der Waals surface area (Å²) in [5, 5.41) is 2.79. The number of rotatable bonds is 5. The molecule has 8 heteroatoms. The summed E-state index contributed by atoms with van der Waals surface area (Å²) < 4.78 is 6.80. The molecule has 1 aromatic carbocycles. The Hall–Kier alpha value is -2.87. The van der Waals surface area contributed by atoms with Gasteiger partial charge in [0.2, 0.25) is 0 Å². The van der Waals surface area contributed by atoms with Crippen LogP contribution in [0.1, 0.15) is 16.3 Å². The van der Waals surface area contributed by atoms with Gasteiger partial charge in [0.15, 0.2) is 5.58 Å². The van der Waals surface area contributed by atoms with Gasteiger partial charge in [-0.2, -0.15) is 0 Å². The van der Waals surface area contributed by atoms with Crippen molar-refractivity contribution in [2.75, 3.05) is 26.0 Å². The number of carbonyl (C=O) groups excluding carboxylic acids is 1. The third-order valence-electron chi connectivity index (χ3n) is 3.64. The van der Waals surface area contributed by atoms with Crippen LogP contribution >= 0.6 is 0 Å². The third kappa shape index (κ3) is 3.23. The molecule has 0 spiro atoms. The molecule has 0 aliphatic carbocycles. The fraction of sp³-hybridized carbons (Fsp3) is 0.312. The maximum absolute atomic E-state index is 12.2. The van der Waals surface area contributed by atoms with Crippen molar-refractivity contribution in [3.63, 3.8) is 0 Å². The summed E-state index contributed by atoms with van der Waals surface area (Å²) in [4.78, 5) is 33.0. The molecule has 0 bridgehead atoms. The number of hydrogen-bond donors (Lipinski definition) is 2. The number of carbonyl (C=O) groups is 1. The summed E-state index contributed by atoms with van der Waals surface area (Å²) >= 11 is 0. The summed E-state index contributed by atoms with van der Waals surface area (Å²) in [6, 6.07) is 5.11. The van der Waals surface area contributed by atoms with Gasteiger partial charge in [-0.15, -0.1) is 0 Å². The average Bonchev–Trinajstić information content (AvgIpc) is 3.08. The van der Waals surface area contributed by atoms with Crippen molar-refractivity contribution in [2.45, 2.75) is 13.5 Å². The van der Waals surface area contributed by atoms with Gasteiger partial charge in [-0.3, -0.25) is 9.36 Å². The quantitative estimate of drug-likeness (QED) is 0.738. The summed E-state index contributed by atoms with van der Waals surface area (Å²) in [7, 11) is 3.87. The van der Waals surface area contributed by atoms with Crippen LogP contribution in [0.3, 0.4) is 0 Å². The lowest BCUT2D eigenvalue weighted by molar-refractivity contribution is 0.102. The second-order valence-electron chi connectivity index (χ2n) is 5.84. The van der Waals surface area contributed by atoms with Crippen LogP contribution in [0.5, 0.6) is 0 Å². The summed E-state index contributed by atoms with van der Waals surface area (Å²) in [6.45, 7) is 2.99. The number of aryl methyl sites for hydroxylation is 1. The van der Waals surface area contributed by atoms with E-state index in [-0.39, 0.29) is 5.91 Å². The number of aromatic nitrogens is 3. The van der Waals surface area contributed by atoms with Crippen LogP contribution in [0.4, 0.5) is 5.69 Å². The number of fused-ring (bicyclic) bond motifs is 1. The number of benzene rings is 1. The van der Waals surface area contributed by atoms with Crippen LogP contribution in [0.15, 0.2) is 33.6 Å². The minimum Gasteiger partial charge on any atom is -0.408 e. The maximum atomic E-state index is 12.2. The van der Waals surface area contributed by atoms with E-state index >= 15 is 0 Å². The highest BCUT2D eigenvalue weighted by atomic mass is 16.4. The van der Waals surface area contributed by atoms with Crippen LogP contribution in [0.25, 0.3) is 11.1 Å². The molecule has 0 saturated heterocycles. The third-order valence-corrected chi connectivity index (χ3v) is 3.64. The predicted molar refractivity (Wildman–Crippen MR) is 90.3 cm³/mol. The molecule has 0 fully saturated rings. The monoisotopic (exact) mass is 329 g/mol. The van der Waals surface area contributed by atoms with Gasteiger partial charge in [0.05, 0.1) is 11.7 Å². The first-order chi connectivity index (χ1) is 11.4. The highest BCUT2D eigenvalue weighted by Crippen LogP contribution is 2.19. The van der Waals surface area contributed by atoms with Gasteiger partial charge in [-0.25, -0.2) is 9.78 Å². The van der Waals surface area contributed by atoms with E-state index in [4.69, 9.17) is 4.42 Å². The highest BCUT2D eigenvalue weighted by molar-refractivity contribution is 6.03. The van der Waals surface area contributed by atoms with Crippen LogP contribution in [-0.4, -0.2) is 46.0 Å². The standard InChI is InChI=1S/C16H19N5O3/c1-10-17-9-12(18-10)15(22)19-11-4-5-14-13(8-11)21(16(23)24-14)7-6-20(2)3/h4-5,8-9H,6-7H2,1-3H3,(H,17,18)(H,19,22).